The highest BCUT2D eigenvalue weighted by Crippen LogP contribution is 2.41. The van der Waals surface area contributed by atoms with Crippen LogP contribution in [0.1, 0.15) is 10.4 Å². The molecule has 0 aliphatic carbocycles. The van der Waals surface area contributed by atoms with Crippen molar-refractivity contribution in [1.29, 1.82) is 0 Å². The Hall–Kier alpha value is -2.79. The minimum absolute atomic E-state index is 0.0638. The van der Waals surface area contributed by atoms with Crippen molar-refractivity contribution < 1.29 is 19.4 Å². The Morgan fingerprint density at radius 2 is 1.95 bits per heavy atom. The lowest BCUT2D eigenvalue weighted by Crippen LogP contribution is -2.09. The number of rotatable bonds is 4. The number of benzene rings is 3. The molecular formula is C17H15NO4. The Bertz CT molecular complexity index is 873. The molecular weight excluding hydrogens is 282 g/mol. The summed E-state index contributed by atoms with van der Waals surface area (Å²) in [7, 11) is 1.53. The van der Waals surface area contributed by atoms with Gasteiger partial charge in [-0.3, -0.25) is 5.73 Å². The van der Waals surface area contributed by atoms with Crippen LogP contribution in [0.5, 0.6) is 11.5 Å². The van der Waals surface area contributed by atoms with E-state index in [1.807, 2.05) is 30.3 Å². The van der Waals surface area contributed by atoms with E-state index in [0.717, 1.165) is 10.8 Å². The third-order valence-corrected chi connectivity index (χ3v) is 3.62. The van der Waals surface area contributed by atoms with Crippen LogP contribution in [-0.2, 0) is 0 Å². The number of carbonyl (C=O) groups is 1. The molecule has 0 amide bonds. The van der Waals surface area contributed by atoms with Gasteiger partial charge in [0.15, 0.2) is 11.5 Å². The van der Waals surface area contributed by atoms with Gasteiger partial charge in [0.1, 0.15) is 6.73 Å². The largest absolute Gasteiger partial charge is 0.492 e. The molecule has 5 nitrogen and oxygen atoms in total. The molecule has 0 fully saturated rings. The molecule has 0 unspecified atom stereocenters. The van der Waals surface area contributed by atoms with Crippen molar-refractivity contribution in [2.45, 2.75) is 0 Å². The molecule has 22 heavy (non-hydrogen) atoms. The lowest BCUT2D eigenvalue weighted by Gasteiger charge is -2.15. The monoisotopic (exact) mass is 297 g/mol. The second kappa shape index (κ2) is 5.54. The van der Waals surface area contributed by atoms with Gasteiger partial charge >= 0.3 is 5.97 Å². The summed E-state index contributed by atoms with van der Waals surface area (Å²) in [6.45, 7) is -0.0638. The number of hydrogen-bond donors (Lipinski definition) is 2. The van der Waals surface area contributed by atoms with Gasteiger partial charge in [-0.25, -0.2) is 4.79 Å². The highest BCUT2D eigenvalue weighted by molar-refractivity contribution is 6.17. The maximum atomic E-state index is 11.6. The molecule has 0 saturated carbocycles. The molecule has 0 atom stereocenters. The first kappa shape index (κ1) is 14.2. The predicted octanol–water partition coefficient (Wildman–Crippen LogP) is 2.99. The molecule has 5 heteroatoms. The van der Waals surface area contributed by atoms with Crippen LogP contribution in [0.2, 0.25) is 0 Å². The second-order valence-electron chi connectivity index (χ2n) is 4.78. The average Bonchev–Trinajstić information content (AvgIpc) is 2.53. The number of carboxylic acids is 1. The summed E-state index contributed by atoms with van der Waals surface area (Å²) in [5, 5.41) is 12.7. The summed E-state index contributed by atoms with van der Waals surface area (Å²) in [5.74, 6) is -0.210. The molecule has 3 rings (SSSR count). The van der Waals surface area contributed by atoms with E-state index < -0.39 is 5.97 Å². The molecule has 112 valence electrons. The molecule has 3 aromatic carbocycles. The zero-order chi connectivity index (χ0) is 15.7. The van der Waals surface area contributed by atoms with Crippen LogP contribution < -0.4 is 15.2 Å². The Balaban J connectivity index is 2.54. The molecule has 0 aromatic heterocycles. The number of fused-ring (bicyclic) bond motifs is 3. The first-order valence-corrected chi connectivity index (χ1v) is 6.76. The fourth-order valence-corrected chi connectivity index (χ4v) is 2.71. The van der Waals surface area contributed by atoms with Gasteiger partial charge < -0.3 is 14.6 Å². The lowest BCUT2D eigenvalue weighted by molar-refractivity contribution is 0.0698. The Kier molecular flexibility index (Phi) is 3.56. The molecule has 0 aliphatic rings. The summed E-state index contributed by atoms with van der Waals surface area (Å²) in [6.07, 6.45) is 0. The topological polar surface area (TPSA) is 81.8 Å². The fraction of sp³-hybridized carbons (Fsp3) is 0.118. The van der Waals surface area contributed by atoms with Gasteiger partial charge in [0.2, 0.25) is 0 Å². The SMILES string of the molecule is COc1c(OCN)cc(C(=O)O)c2ccc3ccccc3c12. The van der Waals surface area contributed by atoms with E-state index in [0.29, 0.717) is 22.3 Å². The first-order valence-electron chi connectivity index (χ1n) is 6.76. The summed E-state index contributed by atoms with van der Waals surface area (Å²) in [4.78, 5) is 11.6. The summed E-state index contributed by atoms with van der Waals surface area (Å²) < 4.78 is 10.8. The molecule has 3 aromatic rings. The molecule has 0 radical (unpaired) electrons. The molecule has 0 bridgehead atoms. The van der Waals surface area contributed by atoms with E-state index in [2.05, 4.69) is 0 Å². The summed E-state index contributed by atoms with van der Waals surface area (Å²) in [6, 6.07) is 12.9. The lowest BCUT2D eigenvalue weighted by atomic mass is 9.97. The molecule has 0 saturated heterocycles. The number of nitrogens with two attached hydrogens (primary N) is 1. The Morgan fingerprint density at radius 3 is 2.64 bits per heavy atom. The van der Waals surface area contributed by atoms with Gasteiger partial charge in [0, 0.05) is 10.8 Å². The number of aromatic carboxylic acids is 1. The van der Waals surface area contributed by atoms with Crippen molar-refractivity contribution in [2.75, 3.05) is 13.8 Å². The first-order chi connectivity index (χ1) is 10.7. The quantitative estimate of drug-likeness (QED) is 0.571. The van der Waals surface area contributed by atoms with Gasteiger partial charge in [0.05, 0.1) is 12.7 Å². The Morgan fingerprint density at radius 1 is 1.18 bits per heavy atom. The number of hydrogen-bond acceptors (Lipinski definition) is 4. The van der Waals surface area contributed by atoms with Crippen LogP contribution in [0.3, 0.4) is 0 Å². The van der Waals surface area contributed by atoms with Crippen molar-refractivity contribution in [2.24, 2.45) is 5.73 Å². The van der Waals surface area contributed by atoms with Crippen LogP contribution in [0, 0.1) is 0 Å². The van der Waals surface area contributed by atoms with Gasteiger partial charge in [-0.05, 0) is 16.8 Å². The van der Waals surface area contributed by atoms with Crippen LogP contribution in [-0.4, -0.2) is 24.9 Å². The third-order valence-electron chi connectivity index (χ3n) is 3.62. The minimum Gasteiger partial charge on any atom is -0.492 e. The van der Waals surface area contributed by atoms with E-state index in [4.69, 9.17) is 15.2 Å². The summed E-state index contributed by atoms with van der Waals surface area (Å²) in [5.41, 5.74) is 5.60. The number of ether oxygens (including phenoxy) is 2. The highest BCUT2D eigenvalue weighted by atomic mass is 16.5. The van der Waals surface area contributed by atoms with E-state index in [9.17, 15) is 9.90 Å². The van der Waals surface area contributed by atoms with Crippen molar-refractivity contribution >= 4 is 27.5 Å². The Labute approximate surface area is 126 Å². The molecule has 0 heterocycles. The van der Waals surface area contributed by atoms with Crippen LogP contribution in [0.15, 0.2) is 42.5 Å². The molecule has 0 spiro atoms. The van der Waals surface area contributed by atoms with E-state index >= 15 is 0 Å². The second-order valence-corrected chi connectivity index (χ2v) is 4.78. The van der Waals surface area contributed by atoms with E-state index in [1.165, 1.54) is 13.2 Å². The van der Waals surface area contributed by atoms with Crippen LogP contribution in [0.4, 0.5) is 0 Å². The van der Waals surface area contributed by atoms with Gasteiger partial charge in [-0.15, -0.1) is 0 Å². The zero-order valence-electron chi connectivity index (χ0n) is 12.0. The average molecular weight is 297 g/mol. The van der Waals surface area contributed by atoms with Crippen LogP contribution in [0.25, 0.3) is 21.5 Å². The van der Waals surface area contributed by atoms with Crippen molar-refractivity contribution in [3.05, 3.63) is 48.0 Å². The zero-order valence-corrected chi connectivity index (χ0v) is 12.0. The van der Waals surface area contributed by atoms with Crippen molar-refractivity contribution in [3.63, 3.8) is 0 Å². The number of carboxylic acid groups (broad SMARTS) is 1. The van der Waals surface area contributed by atoms with Crippen molar-refractivity contribution in [1.82, 2.24) is 0 Å². The third kappa shape index (κ3) is 2.12. The van der Waals surface area contributed by atoms with Gasteiger partial charge in [-0.2, -0.15) is 0 Å². The molecule has 0 aliphatic heterocycles. The maximum absolute atomic E-state index is 11.6. The van der Waals surface area contributed by atoms with E-state index in [1.54, 1.807) is 6.07 Å². The van der Waals surface area contributed by atoms with Gasteiger partial charge in [0.25, 0.3) is 0 Å². The molecule has 3 N–H and O–H groups in total. The smallest absolute Gasteiger partial charge is 0.336 e. The number of methoxy groups -OCH3 is 1. The highest BCUT2D eigenvalue weighted by Gasteiger charge is 2.19. The predicted molar refractivity (Wildman–Crippen MR) is 84.6 cm³/mol. The minimum atomic E-state index is -1.02. The van der Waals surface area contributed by atoms with Crippen molar-refractivity contribution in [3.8, 4) is 11.5 Å². The summed E-state index contributed by atoms with van der Waals surface area (Å²) >= 11 is 0. The van der Waals surface area contributed by atoms with Gasteiger partial charge in [-0.1, -0.05) is 36.4 Å². The van der Waals surface area contributed by atoms with E-state index in [-0.39, 0.29) is 12.3 Å². The normalized spacial score (nSPS) is 10.8. The fourth-order valence-electron chi connectivity index (χ4n) is 2.71. The standard InChI is InChI=1S/C17H15NO4/c1-21-16-14(22-9-18)8-13(17(19)20)12-7-6-10-4-2-3-5-11(10)15(12)16/h2-8H,9,18H2,1H3,(H,19,20). The van der Waals surface area contributed by atoms with Crippen LogP contribution >= 0.6 is 0 Å². The maximum Gasteiger partial charge on any atom is 0.336 e.